The summed E-state index contributed by atoms with van der Waals surface area (Å²) in [5.74, 6) is 0.305. The third-order valence-corrected chi connectivity index (χ3v) is 6.32. The Bertz CT molecular complexity index is 361. The summed E-state index contributed by atoms with van der Waals surface area (Å²) in [4.78, 5) is 15.1. The third-order valence-electron chi connectivity index (χ3n) is 6.32. The Balaban J connectivity index is 1.61. The van der Waals surface area contributed by atoms with Crippen LogP contribution in [0.4, 0.5) is 0 Å². The summed E-state index contributed by atoms with van der Waals surface area (Å²) in [6.07, 6.45) is 10.9. The number of hydrogen-bond donors (Lipinski definition) is 1. The van der Waals surface area contributed by atoms with Gasteiger partial charge in [0.05, 0.1) is 5.41 Å². The highest BCUT2D eigenvalue weighted by atomic mass is 16.5. The van der Waals surface area contributed by atoms with Crippen LogP contribution in [0.3, 0.4) is 0 Å². The van der Waals surface area contributed by atoms with Crippen molar-refractivity contribution in [2.45, 2.75) is 57.8 Å². The van der Waals surface area contributed by atoms with Crippen LogP contribution in [-0.2, 0) is 9.53 Å². The number of nitrogens with zero attached hydrogens (tertiary/aromatic N) is 1. The fourth-order valence-electron chi connectivity index (χ4n) is 4.59. The first-order valence-electron chi connectivity index (χ1n) is 8.77. The molecule has 1 spiro atoms. The van der Waals surface area contributed by atoms with E-state index in [1.165, 1.54) is 44.9 Å². The van der Waals surface area contributed by atoms with Gasteiger partial charge in [0.25, 0.3) is 0 Å². The normalized spacial score (nSPS) is 28.5. The average Bonchev–Trinajstić information content (AvgIpc) is 2.56. The molecule has 2 aliphatic heterocycles. The van der Waals surface area contributed by atoms with Crippen LogP contribution in [0.1, 0.15) is 57.8 Å². The predicted molar refractivity (Wildman–Crippen MR) is 82.9 cm³/mol. The number of amides is 1. The smallest absolute Gasteiger partial charge is 0.230 e. The molecule has 3 fully saturated rings. The lowest BCUT2D eigenvalue weighted by Crippen LogP contribution is -2.54. The van der Waals surface area contributed by atoms with Crippen LogP contribution in [0.25, 0.3) is 0 Å². The molecular formula is C17H30N2O2. The zero-order valence-corrected chi connectivity index (χ0v) is 13.2. The molecule has 0 unspecified atom stereocenters. The number of carbonyl (C=O) groups excluding carboxylic acids is 1. The number of likely N-dealkylation sites (tertiary alicyclic amines) is 1. The second-order valence-electron chi connectivity index (χ2n) is 7.45. The van der Waals surface area contributed by atoms with E-state index in [0.717, 1.165) is 25.9 Å². The van der Waals surface area contributed by atoms with Gasteiger partial charge < -0.3 is 15.4 Å². The van der Waals surface area contributed by atoms with Crippen LogP contribution in [0.2, 0.25) is 0 Å². The van der Waals surface area contributed by atoms with Crippen LogP contribution in [0.15, 0.2) is 0 Å². The van der Waals surface area contributed by atoms with Gasteiger partial charge in [-0.2, -0.15) is 0 Å². The Morgan fingerprint density at radius 2 is 1.57 bits per heavy atom. The molecule has 4 nitrogen and oxygen atoms in total. The highest BCUT2D eigenvalue weighted by Crippen LogP contribution is 2.45. The van der Waals surface area contributed by atoms with E-state index < -0.39 is 0 Å². The van der Waals surface area contributed by atoms with E-state index in [9.17, 15) is 4.79 Å². The summed E-state index contributed by atoms with van der Waals surface area (Å²) in [6.45, 7) is 3.72. The molecule has 0 aromatic carbocycles. The fourth-order valence-corrected chi connectivity index (χ4v) is 4.59. The van der Waals surface area contributed by atoms with Gasteiger partial charge >= 0.3 is 0 Å². The van der Waals surface area contributed by atoms with Crippen LogP contribution in [-0.4, -0.2) is 43.7 Å². The van der Waals surface area contributed by atoms with Crippen molar-refractivity contribution in [1.82, 2.24) is 4.90 Å². The van der Waals surface area contributed by atoms with Gasteiger partial charge in [0, 0.05) is 32.8 Å². The first-order chi connectivity index (χ1) is 10.2. The number of carbonyl (C=O) groups is 1. The average molecular weight is 294 g/mol. The molecule has 2 heterocycles. The molecule has 0 atom stereocenters. The lowest BCUT2D eigenvalue weighted by molar-refractivity contribution is -0.150. The molecule has 0 aromatic rings. The largest absolute Gasteiger partial charge is 0.381 e. The van der Waals surface area contributed by atoms with Crippen molar-refractivity contribution in [2.75, 3.05) is 32.8 Å². The maximum Gasteiger partial charge on any atom is 0.230 e. The predicted octanol–water partition coefficient (Wildman–Crippen LogP) is 2.31. The zero-order valence-electron chi connectivity index (χ0n) is 13.2. The molecule has 4 heteroatoms. The molecule has 1 amide bonds. The van der Waals surface area contributed by atoms with Gasteiger partial charge in [-0.05, 0) is 43.9 Å². The van der Waals surface area contributed by atoms with Crippen molar-refractivity contribution in [2.24, 2.45) is 16.6 Å². The van der Waals surface area contributed by atoms with E-state index in [1.54, 1.807) is 0 Å². The SMILES string of the molecule is NCC1(C(=O)N2CCC3(CCCCC3)CC2)CCOCC1. The molecule has 21 heavy (non-hydrogen) atoms. The minimum atomic E-state index is -0.338. The Morgan fingerprint density at radius 3 is 2.14 bits per heavy atom. The highest BCUT2D eigenvalue weighted by molar-refractivity contribution is 5.83. The van der Waals surface area contributed by atoms with E-state index in [-0.39, 0.29) is 5.41 Å². The van der Waals surface area contributed by atoms with Crippen molar-refractivity contribution >= 4 is 5.91 Å². The van der Waals surface area contributed by atoms with E-state index in [1.807, 2.05) is 0 Å². The van der Waals surface area contributed by atoms with E-state index in [4.69, 9.17) is 10.5 Å². The molecule has 0 radical (unpaired) electrons. The summed E-state index contributed by atoms with van der Waals surface area (Å²) < 4.78 is 5.43. The van der Waals surface area contributed by atoms with Gasteiger partial charge in [-0.3, -0.25) is 4.79 Å². The van der Waals surface area contributed by atoms with E-state index in [0.29, 0.717) is 31.1 Å². The fraction of sp³-hybridized carbons (Fsp3) is 0.941. The molecule has 2 N–H and O–H groups in total. The summed E-state index contributed by atoms with van der Waals surface area (Å²) in [5.41, 5.74) is 6.20. The number of piperidine rings is 1. The van der Waals surface area contributed by atoms with E-state index in [2.05, 4.69) is 4.90 Å². The van der Waals surface area contributed by atoms with Crippen molar-refractivity contribution in [1.29, 1.82) is 0 Å². The zero-order chi connectivity index (χ0) is 14.8. The molecule has 3 aliphatic rings. The molecule has 0 bridgehead atoms. The lowest BCUT2D eigenvalue weighted by atomic mass is 9.67. The van der Waals surface area contributed by atoms with Crippen LogP contribution >= 0.6 is 0 Å². The second kappa shape index (κ2) is 6.25. The Morgan fingerprint density at radius 1 is 0.952 bits per heavy atom. The van der Waals surface area contributed by atoms with Gasteiger partial charge in [-0.1, -0.05) is 19.3 Å². The van der Waals surface area contributed by atoms with Crippen molar-refractivity contribution in [3.63, 3.8) is 0 Å². The summed E-state index contributed by atoms with van der Waals surface area (Å²) in [7, 11) is 0. The van der Waals surface area contributed by atoms with Gasteiger partial charge in [-0.15, -0.1) is 0 Å². The van der Waals surface area contributed by atoms with Gasteiger partial charge in [0.15, 0.2) is 0 Å². The monoisotopic (exact) mass is 294 g/mol. The highest BCUT2D eigenvalue weighted by Gasteiger charge is 2.44. The minimum absolute atomic E-state index is 0.305. The maximum absolute atomic E-state index is 13.0. The minimum Gasteiger partial charge on any atom is -0.381 e. The molecular weight excluding hydrogens is 264 g/mol. The summed E-state index contributed by atoms with van der Waals surface area (Å²) >= 11 is 0. The number of hydrogen-bond acceptors (Lipinski definition) is 3. The molecule has 120 valence electrons. The molecule has 0 aromatic heterocycles. The van der Waals surface area contributed by atoms with Crippen molar-refractivity contribution < 1.29 is 9.53 Å². The Labute approximate surface area is 128 Å². The van der Waals surface area contributed by atoms with Crippen LogP contribution in [0, 0.1) is 10.8 Å². The van der Waals surface area contributed by atoms with Crippen LogP contribution < -0.4 is 5.73 Å². The topological polar surface area (TPSA) is 55.6 Å². The Hall–Kier alpha value is -0.610. The van der Waals surface area contributed by atoms with Gasteiger partial charge in [-0.25, -0.2) is 0 Å². The van der Waals surface area contributed by atoms with Crippen molar-refractivity contribution in [3.8, 4) is 0 Å². The summed E-state index contributed by atoms with van der Waals surface area (Å²) in [5, 5.41) is 0. The number of nitrogens with two attached hydrogens (primary N) is 1. The van der Waals surface area contributed by atoms with Crippen LogP contribution in [0.5, 0.6) is 0 Å². The molecule has 3 rings (SSSR count). The molecule has 2 saturated heterocycles. The Kier molecular flexibility index (Phi) is 4.55. The first kappa shape index (κ1) is 15.3. The molecule has 1 saturated carbocycles. The summed E-state index contributed by atoms with van der Waals surface area (Å²) in [6, 6.07) is 0. The lowest BCUT2D eigenvalue weighted by Gasteiger charge is -2.47. The number of ether oxygens (including phenoxy) is 1. The molecule has 1 aliphatic carbocycles. The van der Waals surface area contributed by atoms with E-state index >= 15 is 0 Å². The maximum atomic E-state index is 13.0. The quantitative estimate of drug-likeness (QED) is 0.850. The third kappa shape index (κ3) is 2.98. The van der Waals surface area contributed by atoms with Gasteiger partial charge in [0.2, 0.25) is 5.91 Å². The van der Waals surface area contributed by atoms with Crippen molar-refractivity contribution in [3.05, 3.63) is 0 Å². The second-order valence-corrected chi connectivity index (χ2v) is 7.45. The number of rotatable bonds is 2. The van der Waals surface area contributed by atoms with Gasteiger partial charge in [0.1, 0.15) is 0 Å². The first-order valence-corrected chi connectivity index (χ1v) is 8.77. The standard InChI is InChI=1S/C17H30N2O2/c18-14-17(8-12-21-13-9-17)15(20)19-10-6-16(7-11-19)4-2-1-3-5-16/h1-14,18H2.